The van der Waals surface area contributed by atoms with E-state index in [1.54, 1.807) is 13.2 Å². The molecule has 0 saturated carbocycles. The molecule has 0 aliphatic heterocycles. The van der Waals surface area contributed by atoms with Crippen molar-refractivity contribution in [3.8, 4) is 11.5 Å². The van der Waals surface area contributed by atoms with Crippen LogP contribution in [-0.2, 0) is 12.1 Å². The molecule has 0 bridgehead atoms. The van der Waals surface area contributed by atoms with Crippen molar-refractivity contribution < 1.29 is 13.9 Å². The molecule has 4 heteroatoms. The highest BCUT2D eigenvalue weighted by Gasteiger charge is 2.20. The molecule has 0 aromatic heterocycles. The van der Waals surface area contributed by atoms with Gasteiger partial charge < -0.3 is 15.2 Å². The topological polar surface area (TPSA) is 44.5 Å². The quantitative estimate of drug-likeness (QED) is 0.914. The summed E-state index contributed by atoms with van der Waals surface area (Å²) in [7, 11) is 1.62. The van der Waals surface area contributed by atoms with Crippen molar-refractivity contribution in [2.24, 2.45) is 5.73 Å². The van der Waals surface area contributed by atoms with Crippen LogP contribution in [0.15, 0.2) is 42.5 Å². The number of benzene rings is 2. The lowest BCUT2D eigenvalue weighted by Gasteiger charge is -2.23. The Hall–Kier alpha value is -2.07. The van der Waals surface area contributed by atoms with Crippen LogP contribution in [-0.4, -0.2) is 7.11 Å². The molecule has 0 spiro atoms. The maximum atomic E-state index is 13.4. The van der Waals surface area contributed by atoms with Gasteiger partial charge in [-0.25, -0.2) is 4.39 Å². The molecule has 0 radical (unpaired) electrons. The van der Waals surface area contributed by atoms with E-state index in [0.717, 1.165) is 11.3 Å². The SMILES string of the molecule is COc1ccc(COc2ccc(F)cc2C(C)(C)N)cc1. The Morgan fingerprint density at radius 1 is 1.10 bits per heavy atom. The lowest BCUT2D eigenvalue weighted by Crippen LogP contribution is -2.29. The van der Waals surface area contributed by atoms with Crippen LogP contribution in [0.25, 0.3) is 0 Å². The molecule has 0 atom stereocenters. The van der Waals surface area contributed by atoms with E-state index in [2.05, 4.69) is 0 Å². The molecule has 112 valence electrons. The van der Waals surface area contributed by atoms with Crippen LogP contribution in [0.2, 0.25) is 0 Å². The van der Waals surface area contributed by atoms with Gasteiger partial charge in [-0.15, -0.1) is 0 Å². The van der Waals surface area contributed by atoms with Gasteiger partial charge in [-0.2, -0.15) is 0 Å². The minimum Gasteiger partial charge on any atom is -0.497 e. The largest absolute Gasteiger partial charge is 0.497 e. The van der Waals surface area contributed by atoms with Crippen LogP contribution in [0.5, 0.6) is 11.5 Å². The predicted octanol–water partition coefficient (Wildman–Crippen LogP) is 3.61. The van der Waals surface area contributed by atoms with Gasteiger partial charge in [-0.1, -0.05) is 12.1 Å². The Kier molecular flexibility index (Phi) is 4.48. The number of hydrogen-bond acceptors (Lipinski definition) is 3. The molecule has 0 aliphatic carbocycles. The van der Waals surface area contributed by atoms with Gasteiger partial charge in [0.25, 0.3) is 0 Å². The summed E-state index contributed by atoms with van der Waals surface area (Å²) < 4.78 is 24.3. The van der Waals surface area contributed by atoms with E-state index in [4.69, 9.17) is 15.2 Å². The highest BCUT2D eigenvalue weighted by atomic mass is 19.1. The van der Waals surface area contributed by atoms with Crippen LogP contribution >= 0.6 is 0 Å². The number of nitrogens with two attached hydrogens (primary N) is 1. The number of halogens is 1. The fourth-order valence-electron chi connectivity index (χ4n) is 2.01. The minimum absolute atomic E-state index is 0.319. The summed E-state index contributed by atoms with van der Waals surface area (Å²) in [6.45, 7) is 4.03. The Bertz CT molecular complexity index is 603. The van der Waals surface area contributed by atoms with E-state index in [9.17, 15) is 4.39 Å². The molecule has 0 saturated heterocycles. The molecule has 0 unspecified atom stereocenters. The van der Waals surface area contributed by atoms with E-state index in [1.165, 1.54) is 12.1 Å². The lowest BCUT2D eigenvalue weighted by atomic mass is 9.94. The molecule has 0 aliphatic rings. The first-order valence-corrected chi connectivity index (χ1v) is 6.75. The van der Waals surface area contributed by atoms with Gasteiger partial charge >= 0.3 is 0 Å². The van der Waals surface area contributed by atoms with Crippen LogP contribution in [0.4, 0.5) is 4.39 Å². The summed E-state index contributed by atoms with van der Waals surface area (Å²) in [6, 6.07) is 12.0. The van der Waals surface area contributed by atoms with Gasteiger partial charge in [0, 0.05) is 11.1 Å². The smallest absolute Gasteiger partial charge is 0.125 e. The fourth-order valence-corrected chi connectivity index (χ4v) is 2.01. The predicted molar refractivity (Wildman–Crippen MR) is 80.9 cm³/mol. The first-order chi connectivity index (χ1) is 9.90. The third-order valence-electron chi connectivity index (χ3n) is 3.19. The summed E-state index contributed by atoms with van der Waals surface area (Å²) in [5.41, 5.74) is 7.05. The standard InChI is InChI=1S/C17H20FNO2/c1-17(2,19)15-10-13(18)6-9-16(15)21-11-12-4-7-14(20-3)8-5-12/h4-10H,11,19H2,1-3H3. The number of rotatable bonds is 5. The van der Waals surface area contributed by atoms with Gasteiger partial charge in [0.15, 0.2) is 0 Å². The maximum Gasteiger partial charge on any atom is 0.125 e. The van der Waals surface area contributed by atoms with Gasteiger partial charge in [0.2, 0.25) is 0 Å². The molecule has 21 heavy (non-hydrogen) atoms. The molecular formula is C17H20FNO2. The number of methoxy groups -OCH3 is 1. The highest BCUT2D eigenvalue weighted by Crippen LogP contribution is 2.29. The average Bonchev–Trinajstić information content (AvgIpc) is 2.45. The Morgan fingerprint density at radius 2 is 1.76 bits per heavy atom. The molecule has 2 rings (SSSR count). The molecule has 2 N–H and O–H groups in total. The minimum atomic E-state index is -0.669. The first-order valence-electron chi connectivity index (χ1n) is 6.75. The summed E-state index contributed by atoms with van der Waals surface area (Å²) in [5, 5.41) is 0. The van der Waals surface area contributed by atoms with Gasteiger partial charge in [0.05, 0.1) is 7.11 Å². The zero-order chi connectivity index (χ0) is 15.5. The van der Waals surface area contributed by atoms with E-state index >= 15 is 0 Å². The Labute approximate surface area is 124 Å². The monoisotopic (exact) mass is 289 g/mol. The second kappa shape index (κ2) is 6.14. The van der Waals surface area contributed by atoms with Gasteiger partial charge in [0.1, 0.15) is 23.9 Å². The molecule has 0 heterocycles. The van der Waals surface area contributed by atoms with E-state index in [1.807, 2.05) is 38.1 Å². The molecule has 2 aromatic rings. The van der Waals surface area contributed by atoms with Crippen LogP contribution in [0, 0.1) is 5.82 Å². The summed E-state index contributed by atoms with van der Waals surface area (Å²) in [5.74, 6) is 1.07. The van der Waals surface area contributed by atoms with Crippen molar-refractivity contribution in [3.63, 3.8) is 0 Å². The third kappa shape index (κ3) is 3.95. The summed E-state index contributed by atoms with van der Waals surface area (Å²) in [4.78, 5) is 0. The summed E-state index contributed by atoms with van der Waals surface area (Å²) >= 11 is 0. The zero-order valence-corrected chi connectivity index (χ0v) is 12.5. The third-order valence-corrected chi connectivity index (χ3v) is 3.19. The van der Waals surface area contributed by atoms with Crippen LogP contribution in [0.3, 0.4) is 0 Å². The van der Waals surface area contributed by atoms with Crippen LogP contribution in [0.1, 0.15) is 25.0 Å². The van der Waals surface area contributed by atoms with Gasteiger partial charge in [-0.05, 0) is 49.7 Å². The van der Waals surface area contributed by atoms with E-state index < -0.39 is 5.54 Å². The van der Waals surface area contributed by atoms with E-state index in [-0.39, 0.29) is 5.82 Å². The number of hydrogen-bond donors (Lipinski definition) is 1. The van der Waals surface area contributed by atoms with Crippen molar-refractivity contribution in [2.75, 3.05) is 7.11 Å². The normalized spacial score (nSPS) is 11.3. The van der Waals surface area contributed by atoms with Crippen LogP contribution < -0.4 is 15.2 Å². The van der Waals surface area contributed by atoms with Crippen molar-refractivity contribution in [1.29, 1.82) is 0 Å². The first kappa shape index (κ1) is 15.3. The molecule has 2 aromatic carbocycles. The lowest BCUT2D eigenvalue weighted by molar-refractivity contribution is 0.295. The highest BCUT2D eigenvalue weighted by molar-refractivity contribution is 5.39. The molecule has 0 fully saturated rings. The van der Waals surface area contributed by atoms with Gasteiger partial charge in [-0.3, -0.25) is 0 Å². The zero-order valence-electron chi connectivity index (χ0n) is 12.5. The second-order valence-corrected chi connectivity index (χ2v) is 5.50. The fraction of sp³-hybridized carbons (Fsp3) is 0.294. The molecule has 0 amide bonds. The van der Waals surface area contributed by atoms with Crippen molar-refractivity contribution in [3.05, 3.63) is 59.4 Å². The summed E-state index contributed by atoms with van der Waals surface area (Å²) in [6.07, 6.45) is 0. The Balaban J connectivity index is 2.15. The Morgan fingerprint density at radius 3 is 2.33 bits per heavy atom. The number of ether oxygens (including phenoxy) is 2. The average molecular weight is 289 g/mol. The molecule has 3 nitrogen and oxygen atoms in total. The maximum absolute atomic E-state index is 13.4. The van der Waals surface area contributed by atoms with E-state index in [0.29, 0.717) is 17.9 Å². The van der Waals surface area contributed by atoms with Crippen molar-refractivity contribution in [2.45, 2.75) is 26.0 Å². The second-order valence-electron chi connectivity index (χ2n) is 5.50. The molecular weight excluding hydrogens is 269 g/mol. The van der Waals surface area contributed by atoms with Crippen molar-refractivity contribution in [1.82, 2.24) is 0 Å². The van der Waals surface area contributed by atoms with Crippen molar-refractivity contribution >= 4 is 0 Å².